The quantitative estimate of drug-likeness (QED) is 0.346. The van der Waals surface area contributed by atoms with Crippen LogP contribution < -0.4 is 5.73 Å². The van der Waals surface area contributed by atoms with E-state index in [9.17, 15) is 4.79 Å². The van der Waals surface area contributed by atoms with E-state index in [4.69, 9.17) is 10.9 Å². The molecule has 0 aromatic carbocycles. The first-order valence-electron chi connectivity index (χ1n) is 7.41. The van der Waals surface area contributed by atoms with Gasteiger partial charge in [-0.15, -0.1) is 0 Å². The van der Waals surface area contributed by atoms with Gasteiger partial charge in [-0.25, -0.2) is 0 Å². The highest BCUT2D eigenvalue weighted by molar-refractivity contribution is 6.07. The van der Waals surface area contributed by atoms with Crippen molar-refractivity contribution in [3.05, 3.63) is 0 Å². The molecule has 0 heterocycles. The maximum Gasteiger partial charge on any atom is 0.236 e. The molecule has 0 atom stereocenters. The van der Waals surface area contributed by atoms with Gasteiger partial charge in [0.05, 0.1) is 0 Å². The van der Waals surface area contributed by atoms with E-state index < -0.39 is 5.41 Å². The molecule has 2 rings (SSSR count). The van der Waals surface area contributed by atoms with Gasteiger partial charge in [-0.2, -0.15) is 0 Å². The summed E-state index contributed by atoms with van der Waals surface area (Å²) >= 11 is 0. The van der Waals surface area contributed by atoms with Gasteiger partial charge < -0.3 is 15.8 Å². The highest BCUT2D eigenvalue weighted by Gasteiger charge is 2.47. The second-order valence-electron chi connectivity index (χ2n) is 5.92. The van der Waals surface area contributed by atoms with Crippen LogP contribution in [0.5, 0.6) is 0 Å². The predicted octanol–water partition coefficient (Wildman–Crippen LogP) is 1.94. The maximum absolute atomic E-state index is 12.8. The molecule has 0 aliphatic heterocycles. The van der Waals surface area contributed by atoms with E-state index in [-0.39, 0.29) is 11.7 Å². The summed E-state index contributed by atoms with van der Waals surface area (Å²) in [6, 6.07) is 0. The van der Waals surface area contributed by atoms with Crippen molar-refractivity contribution < 1.29 is 10.0 Å². The Morgan fingerprint density at radius 1 is 1.37 bits per heavy atom. The molecule has 0 aromatic rings. The molecule has 3 N–H and O–H groups in total. The van der Waals surface area contributed by atoms with Gasteiger partial charge >= 0.3 is 0 Å². The number of nitrogens with two attached hydrogens (primary N) is 1. The molecule has 0 bridgehead atoms. The molecule has 2 aliphatic carbocycles. The van der Waals surface area contributed by atoms with E-state index in [2.05, 4.69) is 5.16 Å². The zero-order valence-corrected chi connectivity index (χ0v) is 11.8. The number of rotatable bonds is 5. The van der Waals surface area contributed by atoms with Crippen LogP contribution in [-0.4, -0.2) is 34.9 Å². The van der Waals surface area contributed by atoms with Crippen molar-refractivity contribution in [3.63, 3.8) is 0 Å². The second-order valence-corrected chi connectivity index (χ2v) is 5.92. The summed E-state index contributed by atoms with van der Waals surface area (Å²) < 4.78 is 0. The fourth-order valence-electron chi connectivity index (χ4n) is 3.30. The van der Waals surface area contributed by atoms with E-state index in [0.717, 1.165) is 19.4 Å². The van der Waals surface area contributed by atoms with Crippen molar-refractivity contribution in [2.45, 2.75) is 51.9 Å². The molecule has 2 saturated carbocycles. The van der Waals surface area contributed by atoms with Gasteiger partial charge in [-0.3, -0.25) is 4.79 Å². The fraction of sp³-hybridized carbons (Fsp3) is 0.857. The SMILES string of the molecule is CCN(CC1CCC1)C(=O)C1(C(N)=NO)CCCC1. The van der Waals surface area contributed by atoms with Crippen LogP contribution in [0.15, 0.2) is 5.16 Å². The summed E-state index contributed by atoms with van der Waals surface area (Å²) in [6.45, 7) is 3.54. The first-order chi connectivity index (χ1) is 9.14. The molecule has 2 aliphatic rings. The summed E-state index contributed by atoms with van der Waals surface area (Å²) in [6.07, 6.45) is 7.10. The predicted molar refractivity (Wildman–Crippen MR) is 73.9 cm³/mol. The van der Waals surface area contributed by atoms with Crippen molar-refractivity contribution in [2.24, 2.45) is 22.2 Å². The summed E-state index contributed by atoms with van der Waals surface area (Å²) in [5.74, 6) is 0.811. The van der Waals surface area contributed by atoms with Crippen molar-refractivity contribution in [3.8, 4) is 0 Å². The van der Waals surface area contributed by atoms with Gasteiger partial charge in [-0.1, -0.05) is 24.4 Å². The molecule has 2 fully saturated rings. The Bertz CT molecular complexity index is 358. The van der Waals surface area contributed by atoms with E-state index in [0.29, 0.717) is 25.3 Å². The fourth-order valence-corrected chi connectivity index (χ4v) is 3.30. The number of amides is 1. The van der Waals surface area contributed by atoms with Crippen LogP contribution in [0.2, 0.25) is 0 Å². The maximum atomic E-state index is 12.8. The van der Waals surface area contributed by atoms with Crippen LogP contribution in [0.25, 0.3) is 0 Å². The average molecular weight is 267 g/mol. The summed E-state index contributed by atoms with van der Waals surface area (Å²) in [4.78, 5) is 14.7. The van der Waals surface area contributed by atoms with Crippen LogP contribution in [0.1, 0.15) is 51.9 Å². The number of hydrogen-bond acceptors (Lipinski definition) is 3. The molecule has 0 unspecified atom stereocenters. The Morgan fingerprint density at radius 3 is 2.42 bits per heavy atom. The van der Waals surface area contributed by atoms with Crippen molar-refractivity contribution in [1.82, 2.24) is 4.90 Å². The van der Waals surface area contributed by atoms with Gasteiger partial charge in [-0.05, 0) is 38.5 Å². The van der Waals surface area contributed by atoms with Gasteiger partial charge in [0.2, 0.25) is 5.91 Å². The number of carbonyl (C=O) groups excluding carboxylic acids is 1. The molecular formula is C14H25N3O2. The van der Waals surface area contributed by atoms with E-state index >= 15 is 0 Å². The Morgan fingerprint density at radius 2 is 2.00 bits per heavy atom. The zero-order chi connectivity index (χ0) is 13.9. The highest BCUT2D eigenvalue weighted by Crippen LogP contribution is 2.40. The number of nitrogens with zero attached hydrogens (tertiary/aromatic N) is 2. The summed E-state index contributed by atoms with van der Waals surface area (Å²) in [7, 11) is 0. The number of hydrogen-bond donors (Lipinski definition) is 2. The first-order valence-corrected chi connectivity index (χ1v) is 7.41. The van der Waals surface area contributed by atoms with Crippen molar-refractivity contribution in [1.29, 1.82) is 0 Å². The Kier molecular flexibility index (Phi) is 4.32. The minimum Gasteiger partial charge on any atom is -0.409 e. The Labute approximate surface area is 114 Å². The van der Waals surface area contributed by atoms with E-state index in [1.165, 1.54) is 19.3 Å². The molecule has 0 aromatic heterocycles. The third-order valence-corrected chi connectivity index (χ3v) is 4.84. The topological polar surface area (TPSA) is 78.9 Å². The molecule has 1 amide bonds. The smallest absolute Gasteiger partial charge is 0.236 e. The molecule has 5 heteroatoms. The molecule has 0 saturated heterocycles. The molecule has 0 radical (unpaired) electrons. The monoisotopic (exact) mass is 267 g/mol. The van der Waals surface area contributed by atoms with Crippen LogP contribution in [-0.2, 0) is 4.79 Å². The lowest BCUT2D eigenvalue weighted by atomic mass is 9.81. The summed E-state index contributed by atoms with van der Waals surface area (Å²) in [5, 5.41) is 12.1. The zero-order valence-electron chi connectivity index (χ0n) is 11.8. The lowest BCUT2D eigenvalue weighted by molar-refractivity contribution is -0.139. The van der Waals surface area contributed by atoms with Gasteiger partial charge in [0.25, 0.3) is 0 Å². The van der Waals surface area contributed by atoms with E-state index in [1.807, 2.05) is 11.8 Å². The standard InChI is InChI=1S/C14H25N3O2/c1-2-17(10-11-6-5-7-11)13(18)14(12(15)16-19)8-3-4-9-14/h11,19H,2-10H2,1H3,(H2,15,16). The van der Waals surface area contributed by atoms with Gasteiger partial charge in [0.1, 0.15) is 5.41 Å². The third kappa shape index (κ3) is 2.55. The highest BCUT2D eigenvalue weighted by atomic mass is 16.4. The van der Waals surface area contributed by atoms with Crippen LogP contribution in [0, 0.1) is 11.3 Å². The molecular weight excluding hydrogens is 242 g/mol. The Hall–Kier alpha value is -1.26. The van der Waals surface area contributed by atoms with Crippen molar-refractivity contribution >= 4 is 11.7 Å². The molecule has 0 spiro atoms. The third-order valence-electron chi connectivity index (χ3n) is 4.84. The van der Waals surface area contributed by atoms with Gasteiger partial charge in [0.15, 0.2) is 5.84 Å². The van der Waals surface area contributed by atoms with Crippen LogP contribution in [0.4, 0.5) is 0 Å². The van der Waals surface area contributed by atoms with E-state index in [1.54, 1.807) is 0 Å². The largest absolute Gasteiger partial charge is 0.409 e. The van der Waals surface area contributed by atoms with Crippen LogP contribution in [0.3, 0.4) is 0 Å². The first kappa shape index (κ1) is 14.2. The second kappa shape index (κ2) is 5.80. The molecule has 19 heavy (non-hydrogen) atoms. The normalized spacial score (nSPS) is 23.1. The summed E-state index contributed by atoms with van der Waals surface area (Å²) in [5.41, 5.74) is 5.09. The number of amidine groups is 1. The lowest BCUT2D eigenvalue weighted by Gasteiger charge is -2.37. The number of oxime groups is 1. The molecule has 5 nitrogen and oxygen atoms in total. The average Bonchev–Trinajstić information content (AvgIpc) is 2.86. The van der Waals surface area contributed by atoms with Gasteiger partial charge in [0, 0.05) is 13.1 Å². The minimum absolute atomic E-state index is 0.0645. The number of carbonyl (C=O) groups is 1. The van der Waals surface area contributed by atoms with Crippen LogP contribution >= 0.6 is 0 Å². The Balaban J connectivity index is 2.13. The van der Waals surface area contributed by atoms with Crippen molar-refractivity contribution in [2.75, 3.05) is 13.1 Å². The lowest BCUT2D eigenvalue weighted by Crippen LogP contribution is -2.51. The molecule has 108 valence electrons. The minimum atomic E-state index is -0.742.